The quantitative estimate of drug-likeness (QED) is 0.820. The molecule has 3 rings (SSSR count). The van der Waals surface area contributed by atoms with Crippen LogP contribution in [-0.4, -0.2) is 41.0 Å². The monoisotopic (exact) mass is 315 g/mol. The molecular formula is C18H25N3O2. The van der Waals surface area contributed by atoms with Gasteiger partial charge in [0.15, 0.2) is 0 Å². The Labute approximate surface area is 137 Å². The Bertz CT molecular complexity index is 609. The van der Waals surface area contributed by atoms with Crippen LogP contribution in [0.1, 0.15) is 37.8 Å². The molecule has 1 aromatic rings. The topological polar surface area (TPSA) is 52.6 Å². The van der Waals surface area contributed by atoms with Crippen LogP contribution in [0.25, 0.3) is 0 Å². The maximum absolute atomic E-state index is 12.6. The molecule has 0 bridgehead atoms. The first kappa shape index (κ1) is 16.0. The van der Waals surface area contributed by atoms with Crippen molar-refractivity contribution in [2.75, 3.05) is 13.7 Å². The lowest BCUT2D eigenvalue weighted by Gasteiger charge is -2.24. The van der Waals surface area contributed by atoms with Crippen LogP contribution >= 0.6 is 0 Å². The van der Waals surface area contributed by atoms with E-state index in [1.54, 1.807) is 0 Å². The number of hydrogen-bond donors (Lipinski definition) is 1. The summed E-state index contributed by atoms with van der Waals surface area (Å²) in [5, 5.41) is 2.89. The van der Waals surface area contributed by atoms with Gasteiger partial charge in [0.05, 0.1) is 6.67 Å². The van der Waals surface area contributed by atoms with Crippen LogP contribution in [0.3, 0.4) is 0 Å². The number of amides is 3. The number of urea groups is 1. The fraction of sp³-hybridized carbons (Fsp3) is 0.556. The molecule has 1 aromatic carbocycles. The summed E-state index contributed by atoms with van der Waals surface area (Å²) in [6, 6.07) is 8.20. The third-order valence-electron chi connectivity index (χ3n) is 4.96. The first-order valence-corrected chi connectivity index (χ1v) is 8.34. The summed E-state index contributed by atoms with van der Waals surface area (Å²) < 4.78 is 0. The highest BCUT2D eigenvalue weighted by Gasteiger charge is 2.56. The van der Waals surface area contributed by atoms with Gasteiger partial charge in [0.2, 0.25) is 0 Å². The van der Waals surface area contributed by atoms with Crippen molar-refractivity contribution in [2.24, 2.45) is 5.92 Å². The van der Waals surface area contributed by atoms with Gasteiger partial charge in [-0.25, -0.2) is 9.69 Å². The maximum atomic E-state index is 12.6. The minimum Gasteiger partial charge on any atom is -0.323 e. The molecule has 3 amide bonds. The molecule has 1 saturated heterocycles. The molecule has 0 spiro atoms. The average Bonchev–Trinajstić information content (AvgIpc) is 3.34. The Morgan fingerprint density at radius 2 is 1.83 bits per heavy atom. The van der Waals surface area contributed by atoms with E-state index in [0.717, 1.165) is 19.3 Å². The van der Waals surface area contributed by atoms with Crippen molar-refractivity contribution in [3.05, 3.63) is 35.4 Å². The van der Waals surface area contributed by atoms with E-state index in [2.05, 4.69) is 36.5 Å². The Morgan fingerprint density at radius 3 is 2.39 bits per heavy atom. The lowest BCUT2D eigenvalue weighted by molar-refractivity contribution is -0.132. The molecule has 124 valence electrons. The number of carbonyl (C=O) groups is 2. The van der Waals surface area contributed by atoms with E-state index in [9.17, 15) is 9.59 Å². The fourth-order valence-corrected chi connectivity index (χ4v) is 3.26. The minimum atomic E-state index is -0.694. The van der Waals surface area contributed by atoms with Gasteiger partial charge in [0.25, 0.3) is 5.91 Å². The van der Waals surface area contributed by atoms with Gasteiger partial charge in [-0.05, 0) is 50.3 Å². The lowest BCUT2D eigenvalue weighted by atomic mass is 9.96. The number of carbonyl (C=O) groups excluding carboxylic acids is 2. The highest BCUT2D eigenvalue weighted by atomic mass is 16.2. The molecule has 1 atom stereocenters. The van der Waals surface area contributed by atoms with Crippen molar-refractivity contribution >= 4 is 11.9 Å². The van der Waals surface area contributed by atoms with Crippen molar-refractivity contribution in [3.63, 3.8) is 0 Å². The average molecular weight is 315 g/mol. The van der Waals surface area contributed by atoms with Crippen molar-refractivity contribution < 1.29 is 9.59 Å². The van der Waals surface area contributed by atoms with Gasteiger partial charge >= 0.3 is 6.03 Å². The van der Waals surface area contributed by atoms with Gasteiger partial charge in [-0.2, -0.15) is 0 Å². The molecule has 1 unspecified atom stereocenters. The highest BCUT2D eigenvalue weighted by molar-refractivity contribution is 6.07. The molecule has 2 fully saturated rings. The largest absolute Gasteiger partial charge is 0.326 e. The zero-order chi connectivity index (χ0) is 16.6. The zero-order valence-electron chi connectivity index (χ0n) is 14.1. The number of benzene rings is 1. The van der Waals surface area contributed by atoms with Crippen LogP contribution in [0.4, 0.5) is 4.79 Å². The van der Waals surface area contributed by atoms with Crippen molar-refractivity contribution in [3.8, 4) is 0 Å². The Kier molecular flexibility index (Phi) is 4.15. The van der Waals surface area contributed by atoms with E-state index in [0.29, 0.717) is 19.1 Å². The molecule has 23 heavy (non-hydrogen) atoms. The van der Waals surface area contributed by atoms with E-state index in [4.69, 9.17) is 0 Å². The van der Waals surface area contributed by atoms with Crippen LogP contribution in [-0.2, 0) is 17.8 Å². The lowest BCUT2D eigenvalue weighted by Crippen LogP contribution is -2.46. The first-order valence-electron chi connectivity index (χ1n) is 8.34. The first-order chi connectivity index (χ1) is 10.9. The number of nitrogens with zero attached hydrogens (tertiary/aromatic N) is 2. The number of imide groups is 1. The molecule has 1 aliphatic carbocycles. The minimum absolute atomic E-state index is 0.0850. The summed E-state index contributed by atoms with van der Waals surface area (Å²) in [5.74, 6) is 0.217. The predicted octanol–water partition coefficient (Wildman–Crippen LogP) is 2.36. The summed E-state index contributed by atoms with van der Waals surface area (Å²) in [6.07, 6.45) is 3.07. The van der Waals surface area contributed by atoms with Crippen LogP contribution in [0, 0.1) is 5.92 Å². The summed E-state index contributed by atoms with van der Waals surface area (Å²) in [5.41, 5.74) is 1.80. The van der Waals surface area contributed by atoms with Crippen LogP contribution < -0.4 is 5.32 Å². The third kappa shape index (κ3) is 3.11. The van der Waals surface area contributed by atoms with Gasteiger partial charge in [-0.3, -0.25) is 9.69 Å². The second kappa shape index (κ2) is 5.96. The molecular weight excluding hydrogens is 290 g/mol. The van der Waals surface area contributed by atoms with Crippen molar-refractivity contribution in [1.82, 2.24) is 15.1 Å². The maximum Gasteiger partial charge on any atom is 0.326 e. The third-order valence-corrected chi connectivity index (χ3v) is 4.96. The van der Waals surface area contributed by atoms with Gasteiger partial charge in [0, 0.05) is 6.54 Å². The smallest absolute Gasteiger partial charge is 0.323 e. The number of nitrogens with one attached hydrogen (secondary N) is 1. The van der Waals surface area contributed by atoms with Crippen LogP contribution in [0.15, 0.2) is 24.3 Å². The predicted molar refractivity (Wildman–Crippen MR) is 88.7 cm³/mol. The van der Waals surface area contributed by atoms with Gasteiger partial charge < -0.3 is 5.32 Å². The highest BCUT2D eigenvalue weighted by Crippen LogP contribution is 2.42. The Morgan fingerprint density at radius 1 is 1.22 bits per heavy atom. The standard InChI is InChI=1S/C18H25N3O2/c1-4-13-5-7-14(8-6-13)11-20(3)12-21-16(22)18(2,15-9-10-15)19-17(21)23/h5-8,15H,4,9-12H2,1-3H3,(H,19,23). The van der Waals surface area contributed by atoms with Gasteiger partial charge in [-0.1, -0.05) is 31.2 Å². The fourth-order valence-electron chi connectivity index (χ4n) is 3.26. The number of aryl methyl sites for hydroxylation is 1. The Hall–Kier alpha value is -1.88. The molecule has 1 saturated carbocycles. The summed E-state index contributed by atoms with van der Waals surface area (Å²) in [6.45, 7) is 5.02. The van der Waals surface area contributed by atoms with Gasteiger partial charge in [-0.15, -0.1) is 0 Å². The summed E-state index contributed by atoms with van der Waals surface area (Å²) in [4.78, 5) is 28.1. The van der Waals surface area contributed by atoms with Crippen LogP contribution in [0.5, 0.6) is 0 Å². The SMILES string of the molecule is CCc1ccc(CN(C)CN2C(=O)NC(C)(C3CC3)C2=O)cc1. The van der Waals surface area contributed by atoms with E-state index >= 15 is 0 Å². The van der Waals surface area contributed by atoms with Crippen molar-refractivity contribution in [1.29, 1.82) is 0 Å². The van der Waals surface area contributed by atoms with Crippen LogP contribution in [0.2, 0.25) is 0 Å². The molecule has 5 heteroatoms. The summed E-state index contributed by atoms with van der Waals surface area (Å²) in [7, 11) is 1.93. The number of rotatable bonds is 6. The zero-order valence-corrected chi connectivity index (χ0v) is 14.1. The van der Waals surface area contributed by atoms with Crippen molar-refractivity contribution in [2.45, 2.75) is 45.2 Å². The molecule has 5 nitrogen and oxygen atoms in total. The molecule has 1 aliphatic heterocycles. The van der Waals surface area contributed by atoms with Gasteiger partial charge in [0.1, 0.15) is 5.54 Å². The van der Waals surface area contributed by atoms with E-state index in [-0.39, 0.29) is 11.9 Å². The molecule has 2 aliphatic rings. The molecule has 1 N–H and O–H groups in total. The van der Waals surface area contributed by atoms with E-state index in [1.165, 1.54) is 16.0 Å². The molecule has 1 heterocycles. The second-order valence-corrected chi connectivity index (χ2v) is 6.97. The number of hydrogen-bond acceptors (Lipinski definition) is 3. The normalized spacial score (nSPS) is 24.4. The molecule has 0 radical (unpaired) electrons. The summed E-state index contributed by atoms with van der Waals surface area (Å²) >= 11 is 0. The van der Waals surface area contributed by atoms with E-state index in [1.807, 2.05) is 18.9 Å². The van der Waals surface area contributed by atoms with E-state index < -0.39 is 5.54 Å². The Balaban J connectivity index is 1.61. The molecule has 0 aromatic heterocycles. The second-order valence-electron chi connectivity index (χ2n) is 6.97.